The highest BCUT2D eigenvalue weighted by atomic mass is 35.5. The number of halogens is 6. The molecule has 150 valence electrons. The van der Waals surface area contributed by atoms with Crippen LogP contribution in [0.2, 0.25) is 15.1 Å². The summed E-state index contributed by atoms with van der Waals surface area (Å²) in [4.78, 5) is 11.8. The molecule has 0 amide bonds. The van der Waals surface area contributed by atoms with E-state index in [4.69, 9.17) is 39.5 Å². The van der Waals surface area contributed by atoms with E-state index in [0.29, 0.717) is 16.7 Å². The molecule has 28 heavy (non-hydrogen) atoms. The van der Waals surface area contributed by atoms with Gasteiger partial charge >= 0.3 is 12.1 Å². The van der Waals surface area contributed by atoms with Crippen LogP contribution in [0.15, 0.2) is 36.4 Å². The van der Waals surface area contributed by atoms with Crippen molar-refractivity contribution in [3.05, 3.63) is 73.7 Å². The third kappa shape index (κ3) is 5.43. The number of hydrogen-bond acceptors (Lipinski definition) is 2. The fourth-order valence-electron chi connectivity index (χ4n) is 2.62. The van der Waals surface area contributed by atoms with E-state index >= 15 is 0 Å². The van der Waals surface area contributed by atoms with Crippen LogP contribution in [0.5, 0.6) is 0 Å². The smallest absolute Gasteiger partial charge is 0.416 e. The van der Waals surface area contributed by atoms with Crippen molar-refractivity contribution in [3.63, 3.8) is 0 Å². The minimum Gasteiger partial charge on any atom is -0.462 e. The summed E-state index contributed by atoms with van der Waals surface area (Å²) in [6, 6.07) is 7.04. The van der Waals surface area contributed by atoms with Gasteiger partial charge in [0.05, 0.1) is 32.8 Å². The van der Waals surface area contributed by atoms with E-state index in [-0.39, 0.29) is 33.7 Å². The molecule has 2 aromatic carbocycles. The Kier molecular flexibility index (Phi) is 7.43. The lowest BCUT2D eigenvalue weighted by Crippen LogP contribution is -2.11. The second-order valence-corrected chi connectivity index (χ2v) is 7.14. The Hall–Kier alpha value is -1.69. The average Bonchev–Trinajstić information content (AvgIpc) is 2.58. The summed E-state index contributed by atoms with van der Waals surface area (Å²) in [5.74, 6) is -0.469. The van der Waals surface area contributed by atoms with Gasteiger partial charge in [-0.2, -0.15) is 13.2 Å². The largest absolute Gasteiger partial charge is 0.462 e. The zero-order chi connectivity index (χ0) is 21.1. The minimum atomic E-state index is -4.61. The molecular formula is C20H16Cl3F3O2. The van der Waals surface area contributed by atoms with Crippen LogP contribution >= 0.6 is 34.8 Å². The Labute approximate surface area is 175 Å². The molecule has 0 aliphatic rings. The Morgan fingerprint density at radius 2 is 1.71 bits per heavy atom. The second kappa shape index (κ2) is 9.21. The number of carbonyl (C=O) groups is 1. The Morgan fingerprint density at radius 3 is 2.21 bits per heavy atom. The molecule has 2 rings (SSSR count). The van der Waals surface area contributed by atoms with Crippen molar-refractivity contribution in [2.75, 3.05) is 6.61 Å². The molecule has 2 aromatic rings. The second-order valence-electron chi connectivity index (χ2n) is 5.94. The number of benzene rings is 2. The monoisotopic (exact) mass is 450 g/mol. The molecule has 0 atom stereocenters. The summed E-state index contributed by atoms with van der Waals surface area (Å²) >= 11 is 17.6. The van der Waals surface area contributed by atoms with Crippen molar-refractivity contribution in [2.24, 2.45) is 0 Å². The first-order valence-electron chi connectivity index (χ1n) is 8.23. The summed E-state index contributed by atoms with van der Waals surface area (Å²) in [7, 11) is 0. The van der Waals surface area contributed by atoms with Crippen molar-refractivity contribution in [1.82, 2.24) is 0 Å². The number of hydrogen-bond donors (Lipinski definition) is 0. The molecule has 0 bridgehead atoms. The summed E-state index contributed by atoms with van der Waals surface area (Å²) < 4.78 is 45.6. The highest BCUT2D eigenvalue weighted by Crippen LogP contribution is 2.39. The number of ether oxygens (including phenoxy) is 1. The maximum atomic E-state index is 13.6. The first-order chi connectivity index (χ1) is 13.0. The SMILES string of the molecule is CCOC(=O)c1ccc(CC=C(c2cc(Cl)c(Cl)c(Cl)c2)C(F)(F)F)cc1C. The quantitative estimate of drug-likeness (QED) is 0.352. The van der Waals surface area contributed by atoms with Crippen LogP contribution in [0.4, 0.5) is 13.2 Å². The van der Waals surface area contributed by atoms with E-state index in [1.54, 1.807) is 32.0 Å². The Morgan fingerprint density at radius 1 is 1.11 bits per heavy atom. The Balaban J connectivity index is 2.37. The normalized spacial score (nSPS) is 12.2. The van der Waals surface area contributed by atoms with Crippen molar-refractivity contribution < 1.29 is 22.7 Å². The topological polar surface area (TPSA) is 26.3 Å². The zero-order valence-corrected chi connectivity index (χ0v) is 17.2. The average molecular weight is 452 g/mol. The van der Waals surface area contributed by atoms with Gasteiger partial charge in [0.2, 0.25) is 0 Å². The summed E-state index contributed by atoms with van der Waals surface area (Å²) in [5, 5.41) is -0.123. The van der Waals surface area contributed by atoms with Gasteiger partial charge in [0.1, 0.15) is 0 Å². The van der Waals surface area contributed by atoms with Gasteiger partial charge < -0.3 is 4.74 Å². The van der Waals surface area contributed by atoms with Crippen LogP contribution in [0.25, 0.3) is 5.57 Å². The summed E-state index contributed by atoms with van der Waals surface area (Å²) in [6.07, 6.45) is -3.56. The van der Waals surface area contributed by atoms with Gasteiger partial charge in [-0.3, -0.25) is 0 Å². The van der Waals surface area contributed by atoms with E-state index < -0.39 is 17.7 Å². The van der Waals surface area contributed by atoms with Crippen LogP contribution in [0.1, 0.15) is 34.0 Å². The van der Waals surface area contributed by atoms with Crippen molar-refractivity contribution in [3.8, 4) is 0 Å². The molecule has 0 spiro atoms. The van der Waals surface area contributed by atoms with Gasteiger partial charge in [-0.25, -0.2) is 4.79 Å². The third-order valence-electron chi connectivity index (χ3n) is 3.93. The highest BCUT2D eigenvalue weighted by Gasteiger charge is 2.35. The maximum absolute atomic E-state index is 13.6. The molecule has 0 N–H and O–H groups in total. The summed E-state index contributed by atoms with van der Waals surface area (Å²) in [6.45, 7) is 3.63. The molecule has 0 heterocycles. The molecule has 0 radical (unpaired) electrons. The lowest BCUT2D eigenvalue weighted by molar-refractivity contribution is -0.0690. The van der Waals surface area contributed by atoms with Gasteiger partial charge in [0.25, 0.3) is 0 Å². The Bertz CT molecular complexity index is 898. The van der Waals surface area contributed by atoms with Crippen LogP contribution in [-0.2, 0) is 11.2 Å². The van der Waals surface area contributed by atoms with Crippen molar-refractivity contribution in [1.29, 1.82) is 0 Å². The predicted molar refractivity (Wildman–Crippen MR) is 106 cm³/mol. The van der Waals surface area contributed by atoms with Gasteiger partial charge in [-0.15, -0.1) is 0 Å². The maximum Gasteiger partial charge on any atom is 0.416 e. The van der Waals surface area contributed by atoms with E-state index in [0.717, 1.165) is 18.2 Å². The molecule has 0 aliphatic carbocycles. The fraction of sp³-hybridized carbons (Fsp3) is 0.250. The number of aryl methyl sites for hydroxylation is 1. The first kappa shape index (κ1) is 22.6. The lowest BCUT2D eigenvalue weighted by atomic mass is 9.99. The molecule has 8 heteroatoms. The van der Waals surface area contributed by atoms with Crippen LogP contribution in [0.3, 0.4) is 0 Å². The number of alkyl halides is 3. The van der Waals surface area contributed by atoms with Crippen molar-refractivity contribution >= 4 is 46.3 Å². The molecule has 0 saturated carbocycles. The standard InChI is InChI=1S/C20H16Cl3F3O2/c1-3-28-19(27)14-6-4-12(8-11(14)2)5-7-15(20(24,25)26)13-9-16(21)18(23)17(22)10-13/h4,6-10H,3,5H2,1-2H3. The fourth-order valence-corrected chi connectivity index (χ4v) is 3.21. The molecule has 0 fully saturated rings. The number of rotatable bonds is 5. The predicted octanol–water partition coefficient (Wildman–Crippen LogP) is 7.32. The first-order valence-corrected chi connectivity index (χ1v) is 9.37. The number of allylic oxidation sites excluding steroid dienone is 2. The summed E-state index contributed by atoms with van der Waals surface area (Å²) in [5.41, 5.74) is 0.558. The third-order valence-corrected chi connectivity index (χ3v) is 5.13. The van der Waals surface area contributed by atoms with E-state index in [1.165, 1.54) is 0 Å². The van der Waals surface area contributed by atoms with Gasteiger partial charge in [-0.1, -0.05) is 53.0 Å². The minimum absolute atomic E-state index is 0.00112. The molecule has 0 aromatic heterocycles. The lowest BCUT2D eigenvalue weighted by Gasteiger charge is -2.14. The van der Waals surface area contributed by atoms with E-state index in [1.807, 2.05) is 0 Å². The number of esters is 1. The van der Waals surface area contributed by atoms with E-state index in [9.17, 15) is 18.0 Å². The van der Waals surface area contributed by atoms with Crippen molar-refractivity contribution in [2.45, 2.75) is 26.4 Å². The molecule has 2 nitrogen and oxygen atoms in total. The van der Waals surface area contributed by atoms with E-state index in [2.05, 4.69) is 0 Å². The van der Waals surface area contributed by atoms with Crippen LogP contribution in [-0.4, -0.2) is 18.8 Å². The van der Waals surface area contributed by atoms with Crippen LogP contribution in [0, 0.1) is 6.92 Å². The number of carbonyl (C=O) groups excluding carboxylic acids is 1. The van der Waals surface area contributed by atoms with Gasteiger partial charge in [0.15, 0.2) is 0 Å². The molecule has 0 aliphatic heterocycles. The molecule has 0 unspecified atom stereocenters. The molecule has 0 saturated heterocycles. The van der Waals surface area contributed by atoms with Gasteiger partial charge in [-0.05, 0) is 55.2 Å². The van der Waals surface area contributed by atoms with Gasteiger partial charge in [0, 0.05) is 0 Å². The highest BCUT2D eigenvalue weighted by molar-refractivity contribution is 6.48. The molecular weight excluding hydrogens is 436 g/mol. The van der Waals surface area contributed by atoms with Crippen LogP contribution < -0.4 is 0 Å². The zero-order valence-electron chi connectivity index (χ0n) is 15.0.